The lowest BCUT2D eigenvalue weighted by Gasteiger charge is -2.11. The number of hydrogen-bond donors (Lipinski definition) is 1. The van der Waals surface area contributed by atoms with Crippen molar-refractivity contribution in [2.45, 2.75) is 24.8 Å². The van der Waals surface area contributed by atoms with Crippen LogP contribution >= 0.6 is 11.8 Å². The van der Waals surface area contributed by atoms with E-state index in [-0.39, 0.29) is 5.91 Å². The molecule has 158 valence electrons. The highest BCUT2D eigenvalue weighted by Gasteiger charge is 2.15. The number of pyridine rings is 1. The van der Waals surface area contributed by atoms with Crippen molar-refractivity contribution in [1.82, 2.24) is 24.6 Å². The van der Waals surface area contributed by atoms with Crippen LogP contribution in [0.3, 0.4) is 0 Å². The zero-order valence-electron chi connectivity index (χ0n) is 17.6. The van der Waals surface area contributed by atoms with E-state index in [2.05, 4.69) is 25.4 Å². The molecule has 8 heteroatoms. The standard InChI is InChI=1S/C24H20N6OS/c1-15-13-16(2)30-23(26-15)28-24(29-30)32-14-17-7-3-4-8-18(17)22(31)27-21-11-5-10-20-19(21)9-6-12-25-20/h3-13H,14H2,1-2H3,(H,27,31). The monoisotopic (exact) mass is 440 g/mol. The number of amides is 1. The second-order valence-electron chi connectivity index (χ2n) is 7.42. The topological polar surface area (TPSA) is 85.1 Å². The molecule has 5 rings (SSSR count). The summed E-state index contributed by atoms with van der Waals surface area (Å²) >= 11 is 1.48. The van der Waals surface area contributed by atoms with Gasteiger partial charge in [-0.1, -0.05) is 36.0 Å². The molecule has 2 aromatic carbocycles. The van der Waals surface area contributed by atoms with Crippen molar-refractivity contribution in [2.24, 2.45) is 0 Å². The van der Waals surface area contributed by atoms with Crippen molar-refractivity contribution >= 4 is 40.0 Å². The van der Waals surface area contributed by atoms with Crippen LogP contribution in [0.25, 0.3) is 16.7 Å². The Bertz CT molecular complexity index is 1460. The molecular weight excluding hydrogens is 420 g/mol. The maximum atomic E-state index is 13.1. The molecule has 7 nitrogen and oxygen atoms in total. The molecule has 0 aliphatic rings. The first-order valence-corrected chi connectivity index (χ1v) is 11.1. The molecule has 0 aliphatic heterocycles. The SMILES string of the molecule is Cc1cc(C)n2nc(SCc3ccccc3C(=O)Nc3cccc4ncccc34)nc2n1. The van der Waals surface area contributed by atoms with Crippen molar-refractivity contribution < 1.29 is 4.79 Å². The van der Waals surface area contributed by atoms with E-state index < -0.39 is 0 Å². The fourth-order valence-corrected chi connectivity index (χ4v) is 4.44. The van der Waals surface area contributed by atoms with Gasteiger partial charge in [0, 0.05) is 34.3 Å². The van der Waals surface area contributed by atoms with Crippen molar-refractivity contribution in [3.63, 3.8) is 0 Å². The molecule has 0 aliphatic carbocycles. The highest BCUT2D eigenvalue weighted by atomic mass is 32.2. The highest BCUT2D eigenvalue weighted by Crippen LogP contribution is 2.25. The largest absolute Gasteiger partial charge is 0.321 e. The molecule has 3 heterocycles. The number of hydrogen-bond acceptors (Lipinski definition) is 6. The van der Waals surface area contributed by atoms with Gasteiger partial charge in [-0.15, -0.1) is 5.10 Å². The maximum Gasteiger partial charge on any atom is 0.255 e. The Morgan fingerprint density at radius 3 is 2.81 bits per heavy atom. The molecule has 1 N–H and O–H groups in total. The minimum atomic E-state index is -0.159. The number of thioether (sulfide) groups is 1. The third-order valence-electron chi connectivity index (χ3n) is 5.11. The lowest BCUT2D eigenvalue weighted by atomic mass is 10.1. The first-order chi connectivity index (χ1) is 15.6. The summed E-state index contributed by atoms with van der Waals surface area (Å²) in [5, 5.41) is 9.12. The summed E-state index contributed by atoms with van der Waals surface area (Å²) in [5.74, 6) is 0.990. The molecule has 0 fully saturated rings. The normalized spacial score (nSPS) is 11.2. The number of anilines is 1. The van der Waals surface area contributed by atoms with E-state index in [1.165, 1.54) is 11.8 Å². The Morgan fingerprint density at radius 2 is 1.91 bits per heavy atom. The van der Waals surface area contributed by atoms with E-state index in [9.17, 15) is 4.79 Å². The molecule has 32 heavy (non-hydrogen) atoms. The zero-order valence-corrected chi connectivity index (χ0v) is 18.4. The fraction of sp³-hybridized carbons (Fsp3) is 0.125. The van der Waals surface area contributed by atoms with E-state index >= 15 is 0 Å². The van der Waals surface area contributed by atoms with Crippen LogP contribution in [0.15, 0.2) is 72.0 Å². The first kappa shape index (κ1) is 20.1. The molecule has 0 radical (unpaired) electrons. The minimum absolute atomic E-state index is 0.159. The van der Waals surface area contributed by atoms with Gasteiger partial charge < -0.3 is 5.32 Å². The van der Waals surface area contributed by atoms with Gasteiger partial charge in [-0.05, 0) is 55.8 Å². The third-order valence-corrected chi connectivity index (χ3v) is 6.00. The summed E-state index contributed by atoms with van der Waals surface area (Å²) in [5.41, 5.74) is 5.00. The number of carbonyl (C=O) groups excluding carboxylic acids is 1. The summed E-state index contributed by atoms with van der Waals surface area (Å²) in [6.07, 6.45) is 1.74. The second-order valence-corrected chi connectivity index (χ2v) is 8.36. The van der Waals surface area contributed by atoms with E-state index in [0.29, 0.717) is 22.3 Å². The predicted molar refractivity (Wildman–Crippen MR) is 126 cm³/mol. The van der Waals surface area contributed by atoms with Crippen LogP contribution < -0.4 is 5.32 Å². The molecule has 0 saturated carbocycles. The van der Waals surface area contributed by atoms with Gasteiger partial charge in [0.1, 0.15) is 0 Å². The molecular formula is C24H20N6OS. The molecule has 0 atom stereocenters. The molecule has 3 aromatic heterocycles. The Labute approximate surface area is 188 Å². The van der Waals surface area contributed by atoms with Crippen LogP contribution in [0.5, 0.6) is 0 Å². The van der Waals surface area contributed by atoms with Crippen LogP contribution in [0, 0.1) is 13.8 Å². The molecule has 0 spiro atoms. The van der Waals surface area contributed by atoms with E-state index in [1.54, 1.807) is 10.7 Å². The highest BCUT2D eigenvalue weighted by molar-refractivity contribution is 7.98. The Balaban J connectivity index is 1.38. The number of nitrogens with zero attached hydrogens (tertiary/aromatic N) is 5. The number of fused-ring (bicyclic) bond motifs is 2. The number of benzene rings is 2. The molecule has 1 amide bonds. The average molecular weight is 441 g/mol. The van der Waals surface area contributed by atoms with Gasteiger partial charge in [-0.2, -0.15) is 4.98 Å². The van der Waals surface area contributed by atoms with E-state index in [4.69, 9.17) is 0 Å². The number of aromatic nitrogens is 5. The quantitative estimate of drug-likeness (QED) is 0.394. The van der Waals surface area contributed by atoms with Crippen molar-refractivity contribution in [3.8, 4) is 0 Å². The van der Waals surface area contributed by atoms with Crippen molar-refractivity contribution in [1.29, 1.82) is 0 Å². The Morgan fingerprint density at radius 1 is 1.03 bits per heavy atom. The van der Waals surface area contributed by atoms with E-state index in [0.717, 1.165) is 33.5 Å². The van der Waals surface area contributed by atoms with E-state index in [1.807, 2.05) is 74.5 Å². The van der Waals surface area contributed by atoms with Crippen molar-refractivity contribution in [3.05, 3.63) is 89.4 Å². The maximum absolute atomic E-state index is 13.1. The van der Waals surface area contributed by atoms with Crippen LogP contribution in [-0.4, -0.2) is 30.5 Å². The lowest BCUT2D eigenvalue weighted by Crippen LogP contribution is -2.14. The van der Waals surface area contributed by atoms with Crippen LogP contribution in [0.4, 0.5) is 5.69 Å². The van der Waals surface area contributed by atoms with Gasteiger partial charge in [-0.25, -0.2) is 9.50 Å². The summed E-state index contributed by atoms with van der Waals surface area (Å²) in [6.45, 7) is 3.92. The van der Waals surface area contributed by atoms with Gasteiger partial charge in [0.25, 0.3) is 11.7 Å². The Kier molecular flexibility index (Phi) is 5.28. The smallest absolute Gasteiger partial charge is 0.255 e. The summed E-state index contributed by atoms with van der Waals surface area (Å²) in [7, 11) is 0. The minimum Gasteiger partial charge on any atom is -0.321 e. The van der Waals surface area contributed by atoms with Gasteiger partial charge in [0.15, 0.2) is 0 Å². The van der Waals surface area contributed by atoms with Gasteiger partial charge in [0.05, 0.1) is 11.2 Å². The number of carbonyl (C=O) groups is 1. The van der Waals surface area contributed by atoms with Crippen LogP contribution in [-0.2, 0) is 5.75 Å². The van der Waals surface area contributed by atoms with Crippen LogP contribution in [0.1, 0.15) is 27.3 Å². The van der Waals surface area contributed by atoms with Crippen LogP contribution in [0.2, 0.25) is 0 Å². The first-order valence-electron chi connectivity index (χ1n) is 10.2. The summed E-state index contributed by atoms with van der Waals surface area (Å²) in [6, 6.07) is 19.1. The van der Waals surface area contributed by atoms with Gasteiger partial charge in [-0.3, -0.25) is 9.78 Å². The summed E-state index contributed by atoms with van der Waals surface area (Å²) < 4.78 is 1.74. The average Bonchev–Trinajstić information content (AvgIpc) is 3.21. The number of aryl methyl sites for hydroxylation is 2. The van der Waals surface area contributed by atoms with Gasteiger partial charge >= 0.3 is 0 Å². The lowest BCUT2D eigenvalue weighted by molar-refractivity contribution is 0.102. The second kappa shape index (κ2) is 8.39. The Hall–Kier alpha value is -3.78. The molecule has 0 unspecified atom stereocenters. The molecule has 5 aromatic rings. The molecule has 0 bridgehead atoms. The number of rotatable bonds is 5. The summed E-state index contributed by atoms with van der Waals surface area (Å²) in [4.78, 5) is 26.4. The predicted octanol–water partition coefficient (Wildman–Crippen LogP) is 4.83. The van der Waals surface area contributed by atoms with Crippen molar-refractivity contribution in [2.75, 3.05) is 5.32 Å². The number of nitrogens with one attached hydrogen (secondary N) is 1. The van der Waals surface area contributed by atoms with Gasteiger partial charge in [0.2, 0.25) is 5.16 Å². The fourth-order valence-electron chi connectivity index (χ4n) is 3.62. The zero-order chi connectivity index (χ0) is 22.1. The molecule has 0 saturated heterocycles. The third kappa shape index (κ3) is 3.92.